The largest absolute Gasteiger partial charge is 0.496 e. The molecule has 0 aliphatic rings. The highest BCUT2D eigenvalue weighted by atomic mass is 16.5. The van der Waals surface area contributed by atoms with Crippen molar-refractivity contribution in [3.8, 4) is 5.75 Å². The molecule has 2 aromatic rings. The van der Waals surface area contributed by atoms with Gasteiger partial charge in [-0.1, -0.05) is 0 Å². The number of aromatic nitrogens is 2. The SMILES string of the molecule is COc1ccc(N)cc1Cn1cc[nH]c1=O. The van der Waals surface area contributed by atoms with Gasteiger partial charge in [-0.05, 0) is 18.2 Å². The van der Waals surface area contributed by atoms with Gasteiger partial charge in [0, 0.05) is 23.6 Å². The molecule has 0 fully saturated rings. The van der Waals surface area contributed by atoms with E-state index in [1.807, 2.05) is 0 Å². The van der Waals surface area contributed by atoms with E-state index in [4.69, 9.17) is 10.5 Å². The molecule has 0 saturated heterocycles. The van der Waals surface area contributed by atoms with E-state index < -0.39 is 0 Å². The van der Waals surface area contributed by atoms with Crippen LogP contribution >= 0.6 is 0 Å². The molecule has 0 aliphatic heterocycles. The maximum atomic E-state index is 11.3. The molecule has 0 atom stereocenters. The lowest BCUT2D eigenvalue weighted by molar-refractivity contribution is 0.408. The Bertz CT molecular complexity index is 542. The van der Waals surface area contributed by atoms with Crippen molar-refractivity contribution in [1.29, 1.82) is 0 Å². The predicted octanol–water partition coefficient (Wildman–Crippen LogP) is 0.816. The van der Waals surface area contributed by atoms with E-state index in [1.165, 1.54) is 0 Å². The van der Waals surface area contributed by atoms with E-state index in [9.17, 15) is 4.79 Å². The molecule has 0 amide bonds. The van der Waals surface area contributed by atoms with Crippen LogP contribution in [0.5, 0.6) is 5.75 Å². The highest BCUT2D eigenvalue weighted by Gasteiger charge is 2.05. The molecule has 5 heteroatoms. The predicted molar refractivity (Wildman–Crippen MR) is 61.6 cm³/mol. The number of H-pyrrole nitrogens is 1. The quantitative estimate of drug-likeness (QED) is 0.750. The Kier molecular flexibility index (Phi) is 2.68. The van der Waals surface area contributed by atoms with Crippen LogP contribution in [0, 0.1) is 0 Å². The number of nitrogen functional groups attached to an aromatic ring is 1. The van der Waals surface area contributed by atoms with E-state index in [2.05, 4.69) is 4.98 Å². The molecule has 1 aromatic heterocycles. The van der Waals surface area contributed by atoms with Crippen LogP contribution in [-0.2, 0) is 6.54 Å². The zero-order valence-electron chi connectivity index (χ0n) is 8.93. The monoisotopic (exact) mass is 219 g/mol. The molecule has 84 valence electrons. The van der Waals surface area contributed by atoms with Gasteiger partial charge in [0.05, 0.1) is 13.7 Å². The minimum absolute atomic E-state index is 0.149. The van der Waals surface area contributed by atoms with Crippen LogP contribution in [0.3, 0.4) is 0 Å². The molecule has 0 unspecified atom stereocenters. The van der Waals surface area contributed by atoms with Gasteiger partial charge in [0.1, 0.15) is 5.75 Å². The molecule has 2 rings (SSSR count). The number of rotatable bonds is 3. The van der Waals surface area contributed by atoms with E-state index in [0.717, 1.165) is 11.3 Å². The molecule has 5 nitrogen and oxygen atoms in total. The summed E-state index contributed by atoms with van der Waals surface area (Å²) in [5, 5.41) is 0. The van der Waals surface area contributed by atoms with Crippen molar-refractivity contribution in [2.45, 2.75) is 6.54 Å². The number of ether oxygens (including phenoxy) is 1. The molecule has 3 N–H and O–H groups in total. The number of hydrogen-bond acceptors (Lipinski definition) is 3. The summed E-state index contributed by atoms with van der Waals surface area (Å²) in [4.78, 5) is 13.9. The van der Waals surface area contributed by atoms with E-state index in [0.29, 0.717) is 12.2 Å². The molecule has 1 aromatic carbocycles. The van der Waals surface area contributed by atoms with Crippen LogP contribution in [-0.4, -0.2) is 16.7 Å². The summed E-state index contributed by atoms with van der Waals surface area (Å²) < 4.78 is 6.76. The van der Waals surface area contributed by atoms with Crippen molar-refractivity contribution in [2.75, 3.05) is 12.8 Å². The third-order valence-electron chi connectivity index (χ3n) is 2.37. The smallest absolute Gasteiger partial charge is 0.325 e. The van der Waals surface area contributed by atoms with Crippen LogP contribution in [0.2, 0.25) is 0 Å². The summed E-state index contributed by atoms with van der Waals surface area (Å²) in [5.41, 5.74) is 7.08. The second kappa shape index (κ2) is 4.14. The minimum atomic E-state index is -0.149. The number of nitrogens with zero attached hydrogens (tertiary/aromatic N) is 1. The van der Waals surface area contributed by atoms with Gasteiger partial charge in [0.15, 0.2) is 0 Å². The number of hydrogen-bond donors (Lipinski definition) is 2. The first-order valence-electron chi connectivity index (χ1n) is 4.87. The maximum absolute atomic E-state index is 11.3. The maximum Gasteiger partial charge on any atom is 0.325 e. The van der Waals surface area contributed by atoms with Crippen LogP contribution in [0.15, 0.2) is 35.4 Å². The molecule has 0 spiro atoms. The number of methoxy groups -OCH3 is 1. The average Bonchev–Trinajstić information content (AvgIpc) is 2.65. The number of imidazole rings is 1. The Morgan fingerprint density at radius 1 is 1.50 bits per heavy atom. The molecule has 0 radical (unpaired) electrons. The van der Waals surface area contributed by atoms with E-state index >= 15 is 0 Å². The van der Waals surface area contributed by atoms with Crippen molar-refractivity contribution in [3.63, 3.8) is 0 Å². The number of nitrogens with two attached hydrogens (primary N) is 1. The molecular weight excluding hydrogens is 206 g/mol. The fourth-order valence-corrected chi connectivity index (χ4v) is 1.58. The first-order chi connectivity index (χ1) is 7.70. The lowest BCUT2D eigenvalue weighted by Crippen LogP contribution is -2.17. The van der Waals surface area contributed by atoms with Gasteiger partial charge in [0.25, 0.3) is 0 Å². The molecule has 0 aliphatic carbocycles. The number of nitrogens with one attached hydrogen (secondary N) is 1. The van der Waals surface area contributed by atoms with E-state index in [-0.39, 0.29) is 5.69 Å². The second-order valence-corrected chi connectivity index (χ2v) is 3.46. The van der Waals surface area contributed by atoms with Crippen LogP contribution in [0.4, 0.5) is 5.69 Å². The number of benzene rings is 1. The van der Waals surface area contributed by atoms with Crippen molar-refractivity contribution in [3.05, 3.63) is 46.6 Å². The Balaban J connectivity index is 2.37. The summed E-state index contributed by atoms with van der Waals surface area (Å²) in [6.45, 7) is 0.441. The summed E-state index contributed by atoms with van der Waals surface area (Å²) in [7, 11) is 1.59. The van der Waals surface area contributed by atoms with Gasteiger partial charge < -0.3 is 15.5 Å². The van der Waals surface area contributed by atoms with Gasteiger partial charge in [-0.15, -0.1) is 0 Å². The summed E-state index contributed by atoms with van der Waals surface area (Å²) in [6, 6.07) is 5.36. The van der Waals surface area contributed by atoms with Crippen LogP contribution in [0.25, 0.3) is 0 Å². The Labute approximate surface area is 92.5 Å². The highest BCUT2D eigenvalue weighted by Crippen LogP contribution is 2.21. The standard InChI is InChI=1S/C11H13N3O2/c1-16-10-3-2-9(12)6-8(10)7-14-5-4-13-11(14)15/h2-6H,7,12H2,1H3,(H,13,15). The number of anilines is 1. The lowest BCUT2D eigenvalue weighted by atomic mass is 10.2. The zero-order valence-corrected chi connectivity index (χ0v) is 8.93. The average molecular weight is 219 g/mol. The lowest BCUT2D eigenvalue weighted by Gasteiger charge is -2.09. The van der Waals surface area contributed by atoms with Crippen molar-refractivity contribution >= 4 is 5.69 Å². The summed E-state index contributed by atoms with van der Waals surface area (Å²) in [5.74, 6) is 0.724. The Morgan fingerprint density at radius 3 is 2.94 bits per heavy atom. The second-order valence-electron chi connectivity index (χ2n) is 3.46. The highest BCUT2D eigenvalue weighted by molar-refractivity contribution is 5.47. The first-order valence-corrected chi connectivity index (χ1v) is 4.87. The van der Waals surface area contributed by atoms with E-state index in [1.54, 1.807) is 42.3 Å². The fraction of sp³-hybridized carbons (Fsp3) is 0.182. The summed E-state index contributed by atoms with van der Waals surface area (Å²) >= 11 is 0. The van der Waals surface area contributed by atoms with Gasteiger partial charge in [0.2, 0.25) is 0 Å². The summed E-state index contributed by atoms with van der Waals surface area (Å²) in [6.07, 6.45) is 3.28. The van der Waals surface area contributed by atoms with Crippen LogP contribution < -0.4 is 16.2 Å². The normalized spacial score (nSPS) is 10.3. The first kappa shape index (κ1) is 10.4. The third-order valence-corrected chi connectivity index (χ3v) is 2.37. The van der Waals surface area contributed by atoms with Crippen molar-refractivity contribution in [2.24, 2.45) is 0 Å². The fourth-order valence-electron chi connectivity index (χ4n) is 1.58. The topological polar surface area (TPSA) is 73.0 Å². The third kappa shape index (κ3) is 1.93. The molecule has 0 bridgehead atoms. The minimum Gasteiger partial charge on any atom is -0.496 e. The Hall–Kier alpha value is -2.17. The Morgan fingerprint density at radius 2 is 2.31 bits per heavy atom. The van der Waals surface area contributed by atoms with Gasteiger partial charge in [-0.3, -0.25) is 4.57 Å². The van der Waals surface area contributed by atoms with Crippen molar-refractivity contribution < 1.29 is 4.74 Å². The van der Waals surface area contributed by atoms with Gasteiger partial charge >= 0.3 is 5.69 Å². The van der Waals surface area contributed by atoms with Gasteiger partial charge in [-0.25, -0.2) is 4.79 Å². The molecule has 16 heavy (non-hydrogen) atoms. The molecule has 0 saturated carbocycles. The van der Waals surface area contributed by atoms with Crippen LogP contribution in [0.1, 0.15) is 5.56 Å². The zero-order chi connectivity index (χ0) is 11.5. The van der Waals surface area contributed by atoms with Gasteiger partial charge in [-0.2, -0.15) is 0 Å². The molecular formula is C11H13N3O2. The number of aromatic amines is 1. The molecule has 1 heterocycles. The van der Waals surface area contributed by atoms with Crippen molar-refractivity contribution in [1.82, 2.24) is 9.55 Å².